The van der Waals surface area contributed by atoms with Gasteiger partial charge in [-0.25, -0.2) is 0 Å². The molecule has 1 aromatic heterocycles. The Bertz CT molecular complexity index is 319. The average Bonchev–Trinajstić information content (AvgIpc) is 2.93. The van der Waals surface area contributed by atoms with Crippen molar-refractivity contribution in [2.75, 3.05) is 0 Å². The monoisotopic (exact) mass is 209 g/mol. The first-order chi connectivity index (χ1) is 7.25. The summed E-state index contributed by atoms with van der Waals surface area (Å²) in [5.41, 5.74) is 5.83. The van der Waals surface area contributed by atoms with E-state index in [9.17, 15) is 4.79 Å². The summed E-state index contributed by atoms with van der Waals surface area (Å²) in [6.45, 7) is 0.385. The zero-order valence-electron chi connectivity index (χ0n) is 8.48. The maximum atomic E-state index is 11.4. The molecule has 1 fully saturated rings. The number of carbonyl (C=O) groups excluding carboxylic acids is 1. The normalized spacial score (nSPS) is 17.4. The fourth-order valence-electron chi connectivity index (χ4n) is 1.50. The van der Waals surface area contributed by atoms with Crippen molar-refractivity contribution in [1.82, 2.24) is 10.5 Å². The van der Waals surface area contributed by atoms with Crippen molar-refractivity contribution in [2.45, 2.75) is 31.8 Å². The number of amides is 1. The first-order valence-electron chi connectivity index (χ1n) is 5.17. The van der Waals surface area contributed by atoms with Gasteiger partial charge in [-0.15, -0.1) is 0 Å². The van der Waals surface area contributed by atoms with E-state index in [0.717, 1.165) is 12.8 Å². The molecule has 15 heavy (non-hydrogen) atoms. The molecule has 5 nitrogen and oxygen atoms in total. The number of aromatic nitrogens is 1. The highest BCUT2D eigenvalue weighted by Crippen LogP contribution is 2.32. The van der Waals surface area contributed by atoms with E-state index < -0.39 is 0 Å². The Morgan fingerprint density at radius 2 is 2.53 bits per heavy atom. The number of nitrogens with one attached hydrogen (secondary N) is 1. The maximum absolute atomic E-state index is 11.4. The fraction of sp³-hybridized carbons (Fsp3) is 0.600. The van der Waals surface area contributed by atoms with Crippen molar-refractivity contribution in [3.63, 3.8) is 0 Å². The third-order valence-electron chi connectivity index (χ3n) is 2.60. The van der Waals surface area contributed by atoms with Gasteiger partial charge in [0.1, 0.15) is 0 Å². The Balaban J connectivity index is 1.68. The molecule has 1 atom stereocenters. The van der Waals surface area contributed by atoms with Gasteiger partial charge in [0.15, 0.2) is 5.76 Å². The van der Waals surface area contributed by atoms with Crippen molar-refractivity contribution >= 4 is 5.91 Å². The number of hydrogen-bond donors (Lipinski definition) is 2. The van der Waals surface area contributed by atoms with Crippen LogP contribution in [0, 0.1) is 5.92 Å². The number of nitrogens with zero attached hydrogens (tertiary/aromatic N) is 1. The number of nitrogens with two attached hydrogens (primary N) is 1. The molecule has 1 amide bonds. The highest BCUT2D eigenvalue weighted by molar-refractivity contribution is 5.76. The molecule has 0 radical (unpaired) electrons. The SMILES string of the molecule is NC(CC(=O)NCc1ccno1)C1CC1. The lowest BCUT2D eigenvalue weighted by molar-refractivity contribution is -0.121. The molecule has 1 aliphatic rings. The molecule has 1 aliphatic carbocycles. The van der Waals surface area contributed by atoms with Crippen LogP contribution in [0.5, 0.6) is 0 Å². The van der Waals surface area contributed by atoms with Gasteiger partial charge in [-0.2, -0.15) is 0 Å². The van der Waals surface area contributed by atoms with Gasteiger partial charge in [0.25, 0.3) is 0 Å². The molecule has 0 saturated heterocycles. The molecule has 1 aromatic rings. The van der Waals surface area contributed by atoms with Crippen LogP contribution in [0.15, 0.2) is 16.8 Å². The molecule has 0 aromatic carbocycles. The summed E-state index contributed by atoms with van der Waals surface area (Å²) in [5, 5.41) is 6.29. The van der Waals surface area contributed by atoms with Crippen LogP contribution in [0.2, 0.25) is 0 Å². The smallest absolute Gasteiger partial charge is 0.221 e. The molecular formula is C10H15N3O2. The van der Waals surface area contributed by atoms with Gasteiger partial charge in [0, 0.05) is 18.5 Å². The van der Waals surface area contributed by atoms with Crippen LogP contribution >= 0.6 is 0 Å². The maximum Gasteiger partial charge on any atom is 0.221 e. The van der Waals surface area contributed by atoms with Crippen LogP contribution in [-0.4, -0.2) is 17.1 Å². The molecule has 0 spiro atoms. The number of carbonyl (C=O) groups is 1. The van der Waals surface area contributed by atoms with Gasteiger partial charge in [-0.3, -0.25) is 4.79 Å². The minimum atomic E-state index is -0.0224. The lowest BCUT2D eigenvalue weighted by atomic mass is 10.1. The van der Waals surface area contributed by atoms with E-state index in [2.05, 4.69) is 10.5 Å². The summed E-state index contributed by atoms with van der Waals surface area (Å²) >= 11 is 0. The summed E-state index contributed by atoms with van der Waals surface area (Å²) in [4.78, 5) is 11.4. The topological polar surface area (TPSA) is 81.2 Å². The second-order valence-corrected chi connectivity index (χ2v) is 3.96. The molecule has 3 N–H and O–H groups in total. The van der Waals surface area contributed by atoms with Gasteiger partial charge in [-0.1, -0.05) is 5.16 Å². The van der Waals surface area contributed by atoms with Gasteiger partial charge < -0.3 is 15.6 Å². The molecule has 0 aliphatic heterocycles. The van der Waals surface area contributed by atoms with E-state index in [-0.39, 0.29) is 11.9 Å². The molecule has 1 unspecified atom stereocenters. The number of rotatable bonds is 5. The summed E-state index contributed by atoms with van der Waals surface area (Å²) in [5.74, 6) is 1.19. The summed E-state index contributed by atoms with van der Waals surface area (Å²) in [6, 6.07) is 1.74. The second-order valence-electron chi connectivity index (χ2n) is 3.96. The number of hydrogen-bond acceptors (Lipinski definition) is 4. The lowest BCUT2D eigenvalue weighted by Crippen LogP contribution is -2.32. The van der Waals surface area contributed by atoms with Crippen molar-refractivity contribution in [3.8, 4) is 0 Å². The Morgan fingerprint density at radius 1 is 1.73 bits per heavy atom. The van der Waals surface area contributed by atoms with Crippen LogP contribution in [0.1, 0.15) is 25.0 Å². The van der Waals surface area contributed by atoms with Crippen molar-refractivity contribution in [1.29, 1.82) is 0 Å². The molecule has 2 rings (SSSR count). The van der Waals surface area contributed by atoms with Crippen molar-refractivity contribution in [2.24, 2.45) is 11.7 Å². The Kier molecular flexibility index (Phi) is 3.01. The van der Waals surface area contributed by atoms with Crippen LogP contribution in [0.4, 0.5) is 0 Å². The summed E-state index contributed by atoms with van der Waals surface area (Å²) in [6.07, 6.45) is 4.28. The van der Waals surface area contributed by atoms with Gasteiger partial charge in [0.05, 0.1) is 12.7 Å². The first-order valence-corrected chi connectivity index (χ1v) is 5.17. The molecule has 5 heteroatoms. The van der Waals surface area contributed by atoms with Crippen molar-refractivity contribution < 1.29 is 9.32 Å². The summed E-state index contributed by atoms with van der Waals surface area (Å²) < 4.78 is 4.85. The van der Waals surface area contributed by atoms with Gasteiger partial charge in [-0.05, 0) is 18.8 Å². The quantitative estimate of drug-likeness (QED) is 0.736. The highest BCUT2D eigenvalue weighted by Gasteiger charge is 2.29. The Hall–Kier alpha value is -1.36. The molecule has 1 heterocycles. The Labute approximate surface area is 88.0 Å². The van der Waals surface area contributed by atoms with E-state index >= 15 is 0 Å². The van der Waals surface area contributed by atoms with E-state index in [1.54, 1.807) is 12.3 Å². The summed E-state index contributed by atoms with van der Waals surface area (Å²) in [7, 11) is 0. The Morgan fingerprint density at radius 3 is 3.13 bits per heavy atom. The van der Waals surface area contributed by atoms with E-state index in [4.69, 9.17) is 10.3 Å². The predicted molar refractivity (Wildman–Crippen MR) is 53.7 cm³/mol. The van der Waals surface area contributed by atoms with Gasteiger partial charge in [0.2, 0.25) is 5.91 Å². The van der Waals surface area contributed by atoms with Crippen LogP contribution in [0.3, 0.4) is 0 Å². The van der Waals surface area contributed by atoms with Crippen LogP contribution in [0.25, 0.3) is 0 Å². The molecule has 1 saturated carbocycles. The van der Waals surface area contributed by atoms with Gasteiger partial charge >= 0.3 is 0 Å². The standard InChI is InChI=1S/C10H15N3O2/c11-9(7-1-2-7)5-10(14)12-6-8-3-4-13-15-8/h3-4,7,9H,1-2,5-6,11H2,(H,12,14). The lowest BCUT2D eigenvalue weighted by Gasteiger charge is -2.09. The van der Waals surface area contributed by atoms with Crippen molar-refractivity contribution in [3.05, 3.63) is 18.0 Å². The van der Waals surface area contributed by atoms with Crippen LogP contribution in [-0.2, 0) is 11.3 Å². The first kappa shape index (κ1) is 10.2. The predicted octanol–water partition coefficient (Wildman–Crippen LogP) is 0.418. The second kappa shape index (κ2) is 4.44. The van der Waals surface area contributed by atoms with Crippen LogP contribution < -0.4 is 11.1 Å². The average molecular weight is 209 g/mol. The highest BCUT2D eigenvalue weighted by atomic mass is 16.5. The van der Waals surface area contributed by atoms with E-state index in [0.29, 0.717) is 24.6 Å². The zero-order valence-corrected chi connectivity index (χ0v) is 8.48. The molecular weight excluding hydrogens is 194 g/mol. The zero-order chi connectivity index (χ0) is 10.7. The van der Waals surface area contributed by atoms with E-state index in [1.807, 2.05) is 0 Å². The minimum absolute atomic E-state index is 0.0136. The third-order valence-corrected chi connectivity index (χ3v) is 2.60. The molecule has 82 valence electrons. The largest absolute Gasteiger partial charge is 0.360 e. The van der Waals surface area contributed by atoms with E-state index in [1.165, 1.54) is 0 Å². The molecule has 0 bridgehead atoms. The fourth-order valence-corrected chi connectivity index (χ4v) is 1.50. The third kappa shape index (κ3) is 3.06. The minimum Gasteiger partial charge on any atom is -0.360 e.